The minimum absolute atomic E-state index is 0.675. The maximum Gasteiger partial charge on any atom is 0.135 e. The lowest BCUT2D eigenvalue weighted by Gasteiger charge is -2.03. The molecule has 2 N–H and O–H groups in total. The van der Waals surface area contributed by atoms with Crippen molar-refractivity contribution in [3.8, 4) is 0 Å². The van der Waals surface area contributed by atoms with Gasteiger partial charge in [-0.25, -0.2) is 4.68 Å². The number of halogens is 1. The Morgan fingerprint density at radius 2 is 2.13 bits per heavy atom. The first-order valence-electron chi connectivity index (χ1n) is 4.54. The first-order valence-corrected chi connectivity index (χ1v) is 5.61. The Kier molecular flexibility index (Phi) is 2.68. The molecule has 0 aliphatic rings. The van der Waals surface area contributed by atoms with Gasteiger partial charge in [0.25, 0.3) is 0 Å². The Hall–Kier alpha value is -1.05. The van der Waals surface area contributed by atoms with Crippen molar-refractivity contribution >= 4 is 28.4 Å². The van der Waals surface area contributed by atoms with E-state index < -0.39 is 0 Å². The van der Waals surface area contributed by atoms with E-state index in [0.717, 1.165) is 14.8 Å². The Morgan fingerprint density at radius 1 is 1.40 bits per heavy atom. The largest absolute Gasteiger partial charge is 0.383 e. The fourth-order valence-corrected chi connectivity index (χ4v) is 1.76. The van der Waals surface area contributed by atoms with Crippen LogP contribution in [-0.2, 0) is 13.6 Å². The van der Waals surface area contributed by atoms with Gasteiger partial charge in [-0.3, -0.25) is 4.68 Å². The number of anilines is 1. The molecule has 0 atom stereocenters. The van der Waals surface area contributed by atoms with Crippen LogP contribution in [-0.4, -0.2) is 19.6 Å². The van der Waals surface area contributed by atoms with Gasteiger partial charge in [-0.2, -0.15) is 10.2 Å². The molecular weight excluding hydrogens is 305 g/mol. The summed E-state index contributed by atoms with van der Waals surface area (Å²) in [6.07, 6.45) is 3.62. The summed E-state index contributed by atoms with van der Waals surface area (Å²) in [6, 6.07) is 0. The highest BCUT2D eigenvalue weighted by Gasteiger charge is 2.08. The van der Waals surface area contributed by atoms with Crippen molar-refractivity contribution in [2.75, 3.05) is 5.73 Å². The second-order valence-corrected chi connectivity index (χ2v) is 4.58. The van der Waals surface area contributed by atoms with Gasteiger partial charge in [0.1, 0.15) is 5.82 Å². The van der Waals surface area contributed by atoms with Gasteiger partial charge in [0, 0.05) is 18.3 Å². The first-order chi connectivity index (χ1) is 7.09. The maximum absolute atomic E-state index is 5.87. The minimum atomic E-state index is 0.675. The highest BCUT2D eigenvalue weighted by molar-refractivity contribution is 14.1. The SMILES string of the molecule is Cc1c(Cn2ncc(I)c2N)cnn1C. The molecule has 15 heavy (non-hydrogen) atoms. The summed E-state index contributed by atoms with van der Waals surface area (Å²) in [4.78, 5) is 0. The summed E-state index contributed by atoms with van der Waals surface area (Å²) in [6.45, 7) is 2.71. The zero-order valence-electron chi connectivity index (χ0n) is 8.61. The lowest BCUT2D eigenvalue weighted by molar-refractivity contribution is 0.687. The molecular formula is C9H12IN5. The van der Waals surface area contributed by atoms with Gasteiger partial charge in [-0.1, -0.05) is 0 Å². The average Bonchev–Trinajstić information content (AvgIpc) is 2.68. The summed E-state index contributed by atoms with van der Waals surface area (Å²) >= 11 is 2.17. The van der Waals surface area contributed by atoms with Crippen LogP contribution in [0, 0.1) is 10.5 Å². The smallest absolute Gasteiger partial charge is 0.135 e. The number of nitrogens with zero attached hydrogens (tertiary/aromatic N) is 4. The molecule has 0 aliphatic carbocycles. The van der Waals surface area contributed by atoms with Gasteiger partial charge in [0.05, 0.1) is 22.5 Å². The van der Waals surface area contributed by atoms with Crippen molar-refractivity contribution in [3.05, 3.63) is 27.2 Å². The van der Waals surface area contributed by atoms with Crippen LogP contribution in [0.3, 0.4) is 0 Å². The fourth-order valence-electron chi connectivity index (χ4n) is 1.36. The zero-order chi connectivity index (χ0) is 11.0. The normalized spacial score (nSPS) is 10.9. The van der Waals surface area contributed by atoms with Gasteiger partial charge in [0.2, 0.25) is 0 Å². The van der Waals surface area contributed by atoms with Crippen molar-refractivity contribution in [1.29, 1.82) is 0 Å². The van der Waals surface area contributed by atoms with E-state index >= 15 is 0 Å². The second kappa shape index (κ2) is 3.84. The third kappa shape index (κ3) is 1.85. The molecule has 0 fully saturated rings. The second-order valence-electron chi connectivity index (χ2n) is 3.41. The number of hydrogen-bond donors (Lipinski definition) is 1. The maximum atomic E-state index is 5.87. The van der Waals surface area contributed by atoms with Gasteiger partial charge < -0.3 is 5.73 Å². The van der Waals surface area contributed by atoms with Crippen molar-refractivity contribution in [1.82, 2.24) is 19.6 Å². The molecule has 5 nitrogen and oxygen atoms in total. The van der Waals surface area contributed by atoms with E-state index in [1.54, 1.807) is 10.9 Å². The van der Waals surface area contributed by atoms with Crippen LogP contribution in [0.4, 0.5) is 5.82 Å². The highest BCUT2D eigenvalue weighted by atomic mass is 127. The van der Waals surface area contributed by atoms with Crippen LogP contribution in [0.5, 0.6) is 0 Å². The Morgan fingerprint density at radius 3 is 2.60 bits per heavy atom. The molecule has 2 rings (SSSR count). The van der Waals surface area contributed by atoms with E-state index in [1.165, 1.54) is 0 Å². The molecule has 2 aromatic heterocycles. The van der Waals surface area contributed by atoms with Crippen LogP contribution in [0.2, 0.25) is 0 Å². The van der Waals surface area contributed by atoms with Gasteiger partial charge in [-0.05, 0) is 29.5 Å². The lowest BCUT2D eigenvalue weighted by atomic mass is 10.2. The van der Waals surface area contributed by atoms with E-state index in [2.05, 4.69) is 32.8 Å². The zero-order valence-corrected chi connectivity index (χ0v) is 10.8. The van der Waals surface area contributed by atoms with Crippen LogP contribution in [0.1, 0.15) is 11.3 Å². The molecule has 0 saturated carbocycles. The van der Waals surface area contributed by atoms with Crippen molar-refractivity contribution in [3.63, 3.8) is 0 Å². The molecule has 0 aromatic carbocycles. The number of hydrogen-bond acceptors (Lipinski definition) is 3. The number of nitrogen functional groups attached to an aromatic ring is 1. The van der Waals surface area contributed by atoms with Crippen molar-refractivity contribution in [2.45, 2.75) is 13.5 Å². The molecule has 80 valence electrons. The lowest BCUT2D eigenvalue weighted by Crippen LogP contribution is -2.07. The number of rotatable bonds is 2. The molecule has 2 heterocycles. The monoisotopic (exact) mass is 317 g/mol. The fraction of sp³-hybridized carbons (Fsp3) is 0.333. The van der Waals surface area contributed by atoms with E-state index in [-0.39, 0.29) is 0 Å². The third-order valence-corrected chi connectivity index (χ3v) is 3.32. The number of aromatic nitrogens is 4. The average molecular weight is 317 g/mol. The quantitative estimate of drug-likeness (QED) is 0.846. The van der Waals surface area contributed by atoms with E-state index in [4.69, 9.17) is 5.73 Å². The summed E-state index contributed by atoms with van der Waals surface area (Å²) in [5.74, 6) is 0.707. The predicted octanol–water partition coefficient (Wildman–Crippen LogP) is 1.16. The molecule has 2 aromatic rings. The molecule has 0 bridgehead atoms. The standard InChI is InChI=1S/C9H12IN5/c1-6-7(3-12-14(6)2)5-15-9(11)8(10)4-13-15/h3-4H,5,11H2,1-2H3. The Balaban J connectivity index is 2.29. The van der Waals surface area contributed by atoms with E-state index in [1.807, 2.05) is 24.9 Å². The molecule has 0 saturated heterocycles. The van der Waals surface area contributed by atoms with Crippen LogP contribution < -0.4 is 5.73 Å². The summed E-state index contributed by atoms with van der Waals surface area (Å²) in [5, 5.41) is 8.39. The molecule has 0 radical (unpaired) electrons. The molecule has 0 amide bonds. The Bertz CT molecular complexity index is 440. The molecule has 0 spiro atoms. The Labute approximate surface area is 101 Å². The first kappa shape index (κ1) is 10.5. The van der Waals surface area contributed by atoms with Crippen LogP contribution >= 0.6 is 22.6 Å². The van der Waals surface area contributed by atoms with E-state index in [0.29, 0.717) is 12.4 Å². The third-order valence-electron chi connectivity index (χ3n) is 2.49. The van der Waals surface area contributed by atoms with Crippen molar-refractivity contribution in [2.24, 2.45) is 7.05 Å². The predicted molar refractivity (Wildman–Crippen MR) is 66.4 cm³/mol. The minimum Gasteiger partial charge on any atom is -0.383 e. The van der Waals surface area contributed by atoms with Gasteiger partial charge in [0.15, 0.2) is 0 Å². The highest BCUT2D eigenvalue weighted by Crippen LogP contribution is 2.16. The van der Waals surface area contributed by atoms with Gasteiger partial charge >= 0.3 is 0 Å². The molecule has 0 unspecified atom stereocenters. The summed E-state index contributed by atoms with van der Waals surface area (Å²) in [5.41, 5.74) is 8.15. The van der Waals surface area contributed by atoms with Crippen LogP contribution in [0.15, 0.2) is 12.4 Å². The van der Waals surface area contributed by atoms with Crippen LogP contribution in [0.25, 0.3) is 0 Å². The summed E-state index contributed by atoms with van der Waals surface area (Å²) < 4.78 is 4.61. The molecule has 0 aliphatic heterocycles. The van der Waals surface area contributed by atoms with Gasteiger partial charge in [-0.15, -0.1) is 0 Å². The topological polar surface area (TPSA) is 61.7 Å². The number of aryl methyl sites for hydroxylation is 1. The summed E-state index contributed by atoms with van der Waals surface area (Å²) in [7, 11) is 1.93. The van der Waals surface area contributed by atoms with E-state index in [9.17, 15) is 0 Å². The van der Waals surface area contributed by atoms with Crippen molar-refractivity contribution < 1.29 is 0 Å². The molecule has 6 heteroatoms. The number of nitrogens with two attached hydrogens (primary N) is 1.